The molecular formula is C13H16N4O2. The van der Waals surface area contributed by atoms with Crippen molar-refractivity contribution >= 4 is 23.3 Å². The summed E-state index contributed by atoms with van der Waals surface area (Å²) in [5.74, 6) is 0.733. The van der Waals surface area contributed by atoms with Gasteiger partial charge in [-0.15, -0.1) is 0 Å². The second kappa shape index (κ2) is 4.22. The highest BCUT2D eigenvalue weighted by atomic mass is 16.2. The Kier molecular flexibility index (Phi) is 2.66. The van der Waals surface area contributed by atoms with Crippen LogP contribution in [0.15, 0.2) is 18.3 Å². The van der Waals surface area contributed by atoms with Crippen LogP contribution in [0.2, 0.25) is 0 Å². The first-order valence-electron chi connectivity index (χ1n) is 6.34. The third-order valence-electron chi connectivity index (χ3n) is 3.97. The number of nitrogens with zero attached hydrogens (tertiary/aromatic N) is 3. The summed E-state index contributed by atoms with van der Waals surface area (Å²) in [6, 6.07) is 3.50. The highest BCUT2D eigenvalue weighted by Gasteiger charge is 2.47. The van der Waals surface area contributed by atoms with Gasteiger partial charge in [-0.1, -0.05) is 0 Å². The predicted octanol–water partition coefficient (Wildman–Crippen LogP) is 0.105. The highest BCUT2D eigenvalue weighted by molar-refractivity contribution is 5.98. The Morgan fingerprint density at radius 1 is 1.37 bits per heavy atom. The van der Waals surface area contributed by atoms with Crippen LogP contribution in [0.4, 0.5) is 11.5 Å². The average Bonchev–Trinajstić information content (AvgIpc) is 2.91. The zero-order chi connectivity index (χ0) is 13.6. The topological polar surface area (TPSA) is 79.5 Å². The van der Waals surface area contributed by atoms with E-state index in [0.29, 0.717) is 25.5 Å². The van der Waals surface area contributed by atoms with Crippen LogP contribution in [-0.4, -0.2) is 41.3 Å². The van der Waals surface area contributed by atoms with Gasteiger partial charge in [-0.3, -0.25) is 9.59 Å². The predicted molar refractivity (Wildman–Crippen MR) is 70.2 cm³/mol. The molecule has 0 saturated carbocycles. The summed E-state index contributed by atoms with van der Waals surface area (Å²) in [6.07, 6.45) is 1.62. The smallest absolute Gasteiger partial charge is 0.232 e. The first-order chi connectivity index (χ1) is 9.06. The van der Waals surface area contributed by atoms with Crippen LogP contribution in [0.3, 0.4) is 0 Å². The van der Waals surface area contributed by atoms with Crippen molar-refractivity contribution < 1.29 is 9.59 Å². The van der Waals surface area contributed by atoms with E-state index in [9.17, 15) is 9.59 Å². The van der Waals surface area contributed by atoms with Gasteiger partial charge in [0.25, 0.3) is 0 Å². The fourth-order valence-electron chi connectivity index (χ4n) is 2.91. The number of nitrogen functional groups attached to an aromatic ring is 1. The lowest BCUT2D eigenvalue weighted by atomic mass is 10.0. The average molecular weight is 260 g/mol. The highest BCUT2D eigenvalue weighted by Crippen LogP contribution is 2.34. The van der Waals surface area contributed by atoms with Crippen molar-refractivity contribution in [3.8, 4) is 0 Å². The number of carbonyl (C=O) groups is 2. The second-order valence-electron chi connectivity index (χ2n) is 5.18. The summed E-state index contributed by atoms with van der Waals surface area (Å²) in [4.78, 5) is 31.2. The SMILES string of the molecule is CC(=O)N1CC2CN(c3ccc(N)nc3)C(=O)C2C1. The Bertz CT molecular complexity index is 528. The number of hydrogen-bond acceptors (Lipinski definition) is 4. The van der Waals surface area contributed by atoms with E-state index in [1.807, 2.05) is 6.07 Å². The monoisotopic (exact) mass is 260 g/mol. The molecular weight excluding hydrogens is 244 g/mol. The second-order valence-corrected chi connectivity index (χ2v) is 5.18. The molecule has 6 nitrogen and oxygen atoms in total. The fourth-order valence-corrected chi connectivity index (χ4v) is 2.91. The van der Waals surface area contributed by atoms with Crippen molar-refractivity contribution in [2.24, 2.45) is 11.8 Å². The maximum absolute atomic E-state index is 12.4. The van der Waals surface area contributed by atoms with E-state index in [1.165, 1.54) is 0 Å². The minimum absolute atomic E-state index is 0.0444. The van der Waals surface area contributed by atoms with Crippen molar-refractivity contribution in [2.45, 2.75) is 6.92 Å². The molecule has 2 fully saturated rings. The van der Waals surface area contributed by atoms with Gasteiger partial charge in [-0.2, -0.15) is 0 Å². The van der Waals surface area contributed by atoms with E-state index in [2.05, 4.69) is 4.98 Å². The molecule has 2 aliphatic heterocycles. The number of pyridine rings is 1. The lowest BCUT2D eigenvalue weighted by Crippen LogP contribution is -2.34. The molecule has 2 unspecified atom stereocenters. The maximum Gasteiger partial charge on any atom is 0.232 e. The van der Waals surface area contributed by atoms with Gasteiger partial charge >= 0.3 is 0 Å². The van der Waals surface area contributed by atoms with E-state index in [4.69, 9.17) is 5.73 Å². The van der Waals surface area contributed by atoms with E-state index < -0.39 is 0 Å². The van der Waals surface area contributed by atoms with Gasteiger partial charge < -0.3 is 15.5 Å². The molecule has 2 N–H and O–H groups in total. The van der Waals surface area contributed by atoms with Gasteiger partial charge in [0.2, 0.25) is 11.8 Å². The zero-order valence-corrected chi connectivity index (χ0v) is 10.7. The van der Waals surface area contributed by atoms with Crippen LogP contribution < -0.4 is 10.6 Å². The number of amides is 2. The third kappa shape index (κ3) is 1.93. The van der Waals surface area contributed by atoms with E-state index in [0.717, 1.165) is 5.69 Å². The summed E-state index contributed by atoms with van der Waals surface area (Å²) in [5, 5.41) is 0. The maximum atomic E-state index is 12.4. The summed E-state index contributed by atoms with van der Waals surface area (Å²) >= 11 is 0. The van der Waals surface area contributed by atoms with Gasteiger partial charge in [0.15, 0.2) is 0 Å². The van der Waals surface area contributed by atoms with Gasteiger partial charge in [0.1, 0.15) is 5.82 Å². The van der Waals surface area contributed by atoms with E-state index in [1.54, 1.807) is 29.0 Å². The normalized spacial score (nSPS) is 25.8. The minimum Gasteiger partial charge on any atom is -0.384 e. The summed E-state index contributed by atoms with van der Waals surface area (Å²) < 4.78 is 0. The molecule has 0 aromatic carbocycles. The Morgan fingerprint density at radius 3 is 2.74 bits per heavy atom. The number of hydrogen-bond donors (Lipinski definition) is 1. The van der Waals surface area contributed by atoms with Crippen molar-refractivity contribution in [2.75, 3.05) is 30.3 Å². The van der Waals surface area contributed by atoms with Crippen LogP contribution in [0.25, 0.3) is 0 Å². The van der Waals surface area contributed by atoms with Crippen LogP contribution in [0.5, 0.6) is 0 Å². The molecule has 2 amide bonds. The fraction of sp³-hybridized carbons (Fsp3) is 0.462. The molecule has 1 aromatic heterocycles. The number of nitrogens with two attached hydrogens (primary N) is 1. The van der Waals surface area contributed by atoms with Gasteiger partial charge in [0.05, 0.1) is 17.8 Å². The molecule has 2 aliphatic rings. The number of rotatable bonds is 1. The molecule has 0 bridgehead atoms. The zero-order valence-electron chi connectivity index (χ0n) is 10.7. The Labute approximate surface area is 111 Å². The van der Waals surface area contributed by atoms with Crippen molar-refractivity contribution in [3.63, 3.8) is 0 Å². The number of aromatic nitrogens is 1. The standard InChI is InChI=1S/C13H16N4O2/c1-8(18)16-5-9-6-17(13(19)11(9)7-16)10-2-3-12(14)15-4-10/h2-4,9,11H,5-7H2,1H3,(H2,14,15). The van der Waals surface area contributed by atoms with E-state index in [-0.39, 0.29) is 23.7 Å². The molecule has 3 rings (SSSR count). The number of fused-ring (bicyclic) bond motifs is 1. The summed E-state index contributed by atoms with van der Waals surface area (Å²) in [7, 11) is 0. The Balaban J connectivity index is 1.78. The summed E-state index contributed by atoms with van der Waals surface area (Å²) in [5.41, 5.74) is 6.33. The van der Waals surface area contributed by atoms with Gasteiger partial charge in [-0.25, -0.2) is 4.98 Å². The molecule has 0 aliphatic carbocycles. The largest absolute Gasteiger partial charge is 0.384 e. The molecule has 19 heavy (non-hydrogen) atoms. The molecule has 2 saturated heterocycles. The lowest BCUT2D eigenvalue weighted by molar-refractivity contribution is -0.128. The van der Waals surface area contributed by atoms with Crippen LogP contribution in [0.1, 0.15) is 6.92 Å². The van der Waals surface area contributed by atoms with Crippen LogP contribution >= 0.6 is 0 Å². The minimum atomic E-state index is -0.0681. The van der Waals surface area contributed by atoms with Crippen molar-refractivity contribution in [3.05, 3.63) is 18.3 Å². The molecule has 0 spiro atoms. The number of likely N-dealkylation sites (tertiary alicyclic amines) is 1. The molecule has 6 heteroatoms. The van der Waals surface area contributed by atoms with Crippen LogP contribution in [0, 0.1) is 11.8 Å². The van der Waals surface area contributed by atoms with Crippen molar-refractivity contribution in [1.82, 2.24) is 9.88 Å². The Hall–Kier alpha value is -2.11. The lowest BCUT2D eigenvalue weighted by Gasteiger charge is -2.20. The van der Waals surface area contributed by atoms with E-state index >= 15 is 0 Å². The Morgan fingerprint density at radius 2 is 2.16 bits per heavy atom. The first-order valence-corrected chi connectivity index (χ1v) is 6.34. The molecule has 0 radical (unpaired) electrons. The number of anilines is 2. The van der Waals surface area contributed by atoms with Gasteiger partial charge in [0, 0.05) is 32.5 Å². The third-order valence-corrected chi connectivity index (χ3v) is 3.97. The van der Waals surface area contributed by atoms with Crippen LogP contribution in [-0.2, 0) is 9.59 Å². The summed E-state index contributed by atoms with van der Waals surface area (Å²) in [6.45, 7) is 3.41. The number of carbonyl (C=O) groups excluding carboxylic acids is 2. The van der Waals surface area contributed by atoms with Crippen molar-refractivity contribution in [1.29, 1.82) is 0 Å². The molecule has 2 atom stereocenters. The molecule has 3 heterocycles. The van der Waals surface area contributed by atoms with Gasteiger partial charge in [-0.05, 0) is 12.1 Å². The molecule has 1 aromatic rings. The molecule has 100 valence electrons. The quantitative estimate of drug-likeness (QED) is 0.777. The first kappa shape index (κ1) is 12.0.